The van der Waals surface area contributed by atoms with Crippen molar-refractivity contribution >= 4 is 62.0 Å². The molecule has 0 unspecified atom stereocenters. The highest BCUT2D eigenvalue weighted by atomic mass is 35.5. The molecule has 3 aromatic carbocycles. The first kappa shape index (κ1) is 20.0. The first-order valence-corrected chi connectivity index (χ1v) is 10.4. The molecular formula is C24H19ClN6O. The van der Waals surface area contributed by atoms with Gasteiger partial charge in [-0.05, 0) is 48.9 Å². The molecule has 8 heteroatoms. The van der Waals surface area contributed by atoms with Gasteiger partial charge in [-0.15, -0.1) is 0 Å². The topological polar surface area (TPSA) is 98.2 Å². The lowest BCUT2D eigenvalue weighted by molar-refractivity contribution is -0.121. The molecule has 1 amide bonds. The van der Waals surface area contributed by atoms with Crippen LogP contribution in [0.2, 0.25) is 5.02 Å². The van der Waals surface area contributed by atoms with E-state index >= 15 is 0 Å². The number of carbonyl (C=O) groups is 1. The number of rotatable bonds is 4. The van der Waals surface area contributed by atoms with E-state index in [1.165, 1.54) is 0 Å². The summed E-state index contributed by atoms with van der Waals surface area (Å²) in [7, 11) is 0. The Hall–Kier alpha value is -3.97. The van der Waals surface area contributed by atoms with E-state index in [1.807, 2.05) is 54.0 Å². The molecule has 2 aromatic heterocycles. The van der Waals surface area contributed by atoms with E-state index in [2.05, 4.69) is 10.5 Å². The Morgan fingerprint density at radius 1 is 1.06 bits per heavy atom. The fourth-order valence-electron chi connectivity index (χ4n) is 3.68. The predicted octanol–water partition coefficient (Wildman–Crippen LogP) is 4.51. The second kappa shape index (κ2) is 7.94. The maximum Gasteiger partial charge on any atom is 0.260 e. The minimum Gasteiger partial charge on any atom is -0.399 e. The van der Waals surface area contributed by atoms with Gasteiger partial charge in [0.05, 0.1) is 22.3 Å². The van der Waals surface area contributed by atoms with E-state index in [0.717, 1.165) is 22.0 Å². The zero-order valence-electron chi connectivity index (χ0n) is 17.2. The summed E-state index contributed by atoms with van der Waals surface area (Å²) in [5.74, 6) is -0.263. The van der Waals surface area contributed by atoms with E-state index in [1.54, 1.807) is 24.3 Å². The highest BCUT2D eigenvalue weighted by Gasteiger charge is 2.16. The Balaban J connectivity index is 1.51. The Labute approximate surface area is 188 Å². The van der Waals surface area contributed by atoms with Crippen molar-refractivity contribution in [2.75, 3.05) is 5.73 Å². The van der Waals surface area contributed by atoms with E-state index < -0.39 is 0 Å². The van der Waals surface area contributed by atoms with Crippen molar-refractivity contribution in [2.24, 2.45) is 5.10 Å². The van der Waals surface area contributed by atoms with Crippen molar-refractivity contribution in [3.05, 3.63) is 77.3 Å². The number of halogens is 1. The van der Waals surface area contributed by atoms with Crippen LogP contribution in [0.4, 0.5) is 5.69 Å². The van der Waals surface area contributed by atoms with Crippen molar-refractivity contribution in [3.63, 3.8) is 0 Å². The zero-order chi connectivity index (χ0) is 22.2. The second-order valence-corrected chi connectivity index (χ2v) is 7.92. The molecule has 5 rings (SSSR count). The maximum absolute atomic E-state index is 12.8. The minimum absolute atomic E-state index is 0.0519. The number of para-hydroxylation sites is 1. The molecule has 0 radical (unpaired) electrons. The number of fused-ring (bicyclic) bond motifs is 4. The lowest BCUT2D eigenvalue weighted by Gasteiger charge is -2.07. The molecule has 0 saturated heterocycles. The summed E-state index contributed by atoms with van der Waals surface area (Å²) >= 11 is 6.13. The number of hydrogen-bond acceptors (Lipinski definition) is 5. The average molecular weight is 443 g/mol. The summed E-state index contributed by atoms with van der Waals surface area (Å²) in [5.41, 5.74) is 14.3. The molecule has 0 aliphatic heterocycles. The molecule has 0 saturated carbocycles. The Bertz CT molecular complexity index is 1520. The van der Waals surface area contributed by atoms with Gasteiger partial charge in [-0.1, -0.05) is 41.9 Å². The largest absolute Gasteiger partial charge is 0.399 e. The molecule has 0 aliphatic carbocycles. The fourth-order valence-corrected chi connectivity index (χ4v) is 3.85. The van der Waals surface area contributed by atoms with Gasteiger partial charge in [0.1, 0.15) is 12.1 Å². The van der Waals surface area contributed by atoms with E-state index in [-0.39, 0.29) is 12.5 Å². The summed E-state index contributed by atoms with van der Waals surface area (Å²) in [4.78, 5) is 22.3. The number of hydrogen-bond donors (Lipinski definition) is 2. The number of nitrogen functional groups attached to an aromatic ring is 1. The van der Waals surface area contributed by atoms with E-state index in [9.17, 15) is 4.79 Å². The molecule has 0 bridgehead atoms. The minimum atomic E-state index is -0.263. The Morgan fingerprint density at radius 3 is 2.66 bits per heavy atom. The molecular weight excluding hydrogens is 424 g/mol. The molecule has 158 valence electrons. The van der Waals surface area contributed by atoms with Crippen LogP contribution in [-0.2, 0) is 11.3 Å². The molecule has 0 spiro atoms. The van der Waals surface area contributed by atoms with Crippen LogP contribution in [0.5, 0.6) is 0 Å². The van der Waals surface area contributed by atoms with Crippen molar-refractivity contribution in [1.29, 1.82) is 0 Å². The number of carbonyl (C=O) groups excluding carboxylic acids is 1. The smallest absolute Gasteiger partial charge is 0.260 e. The predicted molar refractivity (Wildman–Crippen MR) is 129 cm³/mol. The van der Waals surface area contributed by atoms with Crippen LogP contribution >= 0.6 is 11.6 Å². The van der Waals surface area contributed by atoms with Crippen LogP contribution in [0.15, 0.2) is 71.8 Å². The number of amides is 1. The summed E-state index contributed by atoms with van der Waals surface area (Å²) in [6.07, 6.45) is 0. The van der Waals surface area contributed by atoms with Gasteiger partial charge in [0.25, 0.3) is 5.91 Å². The van der Waals surface area contributed by atoms with Gasteiger partial charge in [-0.25, -0.2) is 15.4 Å². The summed E-state index contributed by atoms with van der Waals surface area (Å²) < 4.78 is 1.86. The Morgan fingerprint density at radius 2 is 1.84 bits per heavy atom. The molecule has 7 nitrogen and oxygen atoms in total. The lowest BCUT2D eigenvalue weighted by Crippen LogP contribution is -2.24. The molecule has 5 aromatic rings. The van der Waals surface area contributed by atoms with Crippen LogP contribution in [0.25, 0.3) is 33.1 Å². The first-order valence-electron chi connectivity index (χ1n) is 10.0. The fraction of sp³-hybridized carbons (Fsp3) is 0.0833. The number of nitrogens with zero attached hydrogens (tertiary/aromatic N) is 4. The van der Waals surface area contributed by atoms with Crippen molar-refractivity contribution in [3.8, 4) is 0 Å². The van der Waals surface area contributed by atoms with Crippen molar-refractivity contribution < 1.29 is 4.79 Å². The lowest BCUT2D eigenvalue weighted by atomic mass is 10.1. The second-order valence-electron chi connectivity index (χ2n) is 7.49. The van der Waals surface area contributed by atoms with Crippen LogP contribution in [-0.4, -0.2) is 26.2 Å². The molecule has 0 aliphatic rings. The number of anilines is 1. The van der Waals surface area contributed by atoms with Crippen LogP contribution < -0.4 is 11.2 Å². The Kier molecular flexibility index (Phi) is 4.95. The van der Waals surface area contributed by atoms with Gasteiger partial charge in [0.2, 0.25) is 0 Å². The summed E-state index contributed by atoms with van der Waals surface area (Å²) in [6, 6.07) is 20.5. The van der Waals surface area contributed by atoms with Gasteiger partial charge in [-0.3, -0.25) is 4.79 Å². The number of nitrogens with two attached hydrogens (primary N) is 1. The summed E-state index contributed by atoms with van der Waals surface area (Å²) in [5, 5.41) is 5.76. The van der Waals surface area contributed by atoms with Gasteiger partial charge in [0.15, 0.2) is 5.65 Å². The van der Waals surface area contributed by atoms with E-state index in [4.69, 9.17) is 27.3 Å². The zero-order valence-corrected chi connectivity index (χ0v) is 18.0. The third-order valence-electron chi connectivity index (χ3n) is 5.29. The number of hydrazone groups is 1. The van der Waals surface area contributed by atoms with Gasteiger partial charge in [-0.2, -0.15) is 5.10 Å². The van der Waals surface area contributed by atoms with Crippen LogP contribution in [0.3, 0.4) is 0 Å². The molecule has 32 heavy (non-hydrogen) atoms. The van der Waals surface area contributed by atoms with Crippen LogP contribution in [0.1, 0.15) is 12.5 Å². The molecule has 2 heterocycles. The summed E-state index contributed by atoms with van der Waals surface area (Å²) in [6.45, 7) is 1.88. The highest BCUT2D eigenvalue weighted by molar-refractivity contribution is 6.31. The average Bonchev–Trinajstić information content (AvgIpc) is 3.09. The molecule has 0 atom stereocenters. The third-order valence-corrected chi connectivity index (χ3v) is 5.53. The molecule has 3 N–H and O–H groups in total. The monoisotopic (exact) mass is 442 g/mol. The van der Waals surface area contributed by atoms with Gasteiger partial charge < -0.3 is 10.3 Å². The standard InChI is InChI=1S/C24H19ClN6O/c1-14(15-6-9-17(26)10-7-15)29-30-22(32)13-31-21-5-3-2-4-18(21)23-24(31)28-19-11-8-16(25)12-20(19)27-23/h2-12H,13,26H2,1H3,(H,30,32)/b29-14-. The number of benzene rings is 3. The van der Waals surface area contributed by atoms with Crippen molar-refractivity contribution in [1.82, 2.24) is 20.0 Å². The highest BCUT2D eigenvalue weighted by Crippen LogP contribution is 2.28. The SMILES string of the molecule is C/C(=N/NC(=O)Cn1c2ccccc2c2nc3cc(Cl)ccc3nc21)c1ccc(N)cc1. The van der Waals surface area contributed by atoms with E-state index in [0.29, 0.717) is 33.1 Å². The number of nitrogens with one attached hydrogen (secondary N) is 1. The van der Waals surface area contributed by atoms with Crippen molar-refractivity contribution in [2.45, 2.75) is 13.5 Å². The normalized spacial score (nSPS) is 12.0. The first-order chi connectivity index (χ1) is 15.5. The third kappa shape index (κ3) is 3.63. The van der Waals surface area contributed by atoms with Crippen LogP contribution in [0, 0.1) is 0 Å². The molecule has 0 fully saturated rings. The maximum atomic E-state index is 12.8. The quantitative estimate of drug-likeness (QED) is 0.243. The van der Waals surface area contributed by atoms with Gasteiger partial charge in [0, 0.05) is 16.1 Å². The number of aromatic nitrogens is 3. The van der Waals surface area contributed by atoms with Gasteiger partial charge >= 0.3 is 0 Å².